The highest BCUT2D eigenvalue weighted by molar-refractivity contribution is 5.88. The Balaban J connectivity index is 2.51. The Kier molecular flexibility index (Phi) is 6.46. The van der Waals surface area contributed by atoms with Crippen molar-refractivity contribution in [3.8, 4) is 0 Å². The number of rotatable bonds is 5. The van der Waals surface area contributed by atoms with E-state index in [0.717, 1.165) is 12.8 Å². The molecular formula is C15H29N3O2. The van der Waals surface area contributed by atoms with Gasteiger partial charge in [0.25, 0.3) is 0 Å². The van der Waals surface area contributed by atoms with Crippen LogP contribution >= 0.6 is 0 Å². The molecular weight excluding hydrogens is 254 g/mol. The van der Waals surface area contributed by atoms with Gasteiger partial charge in [0.15, 0.2) is 0 Å². The largest absolute Gasteiger partial charge is 0.354 e. The fourth-order valence-electron chi connectivity index (χ4n) is 2.84. The molecule has 1 rings (SSSR count). The van der Waals surface area contributed by atoms with Crippen LogP contribution in [0.5, 0.6) is 0 Å². The average molecular weight is 283 g/mol. The van der Waals surface area contributed by atoms with E-state index in [9.17, 15) is 9.59 Å². The third kappa shape index (κ3) is 4.47. The van der Waals surface area contributed by atoms with E-state index in [1.54, 1.807) is 6.92 Å². The molecule has 0 spiro atoms. The van der Waals surface area contributed by atoms with Gasteiger partial charge in [-0.15, -0.1) is 0 Å². The van der Waals surface area contributed by atoms with Crippen molar-refractivity contribution in [2.45, 2.75) is 59.0 Å². The van der Waals surface area contributed by atoms with Crippen LogP contribution in [0.25, 0.3) is 0 Å². The number of carbonyl (C=O) groups is 2. The smallest absolute Gasteiger partial charge is 0.242 e. The number of amides is 2. The lowest BCUT2D eigenvalue weighted by atomic mass is 9.72. The molecule has 5 atom stereocenters. The minimum Gasteiger partial charge on any atom is -0.354 e. The molecule has 116 valence electrons. The van der Waals surface area contributed by atoms with Crippen LogP contribution in [0.3, 0.4) is 0 Å². The van der Waals surface area contributed by atoms with E-state index in [0.29, 0.717) is 24.8 Å². The van der Waals surface area contributed by atoms with Crippen molar-refractivity contribution < 1.29 is 9.59 Å². The number of hydrogen-bond donors (Lipinski definition) is 3. The monoisotopic (exact) mass is 283 g/mol. The molecule has 20 heavy (non-hydrogen) atoms. The van der Waals surface area contributed by atoms with E-state index in [1.807, 2.05) is 6.92 Å². The molecule has 0 aromatic carbocycles. The summed E-state index contributed by atoms with van der Waals surface area (Å²) >= 11 is 0. The molecule has 0 heterocycles. The summed E-state index contributed by atoms with van der Waals surface area (Å²) in [6.07, 6.45) is 2.56. The van der Waals surface area contributed by atoms with Crippen LogP contribution in [0.4, 0.5) is 0 Å². The predicted molar refractivity (Wildman–Crippen MR) is 79.9 cm³/mol. The number of nitrogens with one attached hydrogen (secondary N) is 2. The van der Waals surface area contributed by atoms with Crippen LogP contribution in [0, 0.1) is 17.8 Å². The Labute approximate surface area is 122 Å². The summed E-state index contributed by atoms with van der Waals surface area (Å²) in [5, 5.41) is 5.61. The fraction of sp³-hybridized carbons (Fsp3) is 0.867. The summed E-state index contributed by atoms with van der Waals surface area (Å²) < 4.78 is 0. The molecule has 0 bridgehead atoms. The third-order valence-electron chi connectivity index (χ3n) is 4.33. The standard InChI is InChI=1S/C15H29N3O2/c1-5-6-17-14(19)11(4)18-15(20)12-8-13(16)10(3)7-9(12)2/h9-13H,5-8,16H2,1-4H3,(H,17,19)(H,18,20). The van der Waals surface area contributed by atoms with Crippen LogP contribution in [-0.2, 0) is 9.59 Å². The minimum atomic E-state index is -0.489. The van der Waals surface area contributed by atoms with E-state index in [2.05, 4.69) is 24.5 Å². The van der Waals surface area contributed by atoms with Gasteiger partial charge in [0.05, 0.1) is 0 Å². The number of carbonyl (C=O) groups excluding carboxylic acids is 2. The number of nitrogens with two attached hydrogens (primary N) is 1. The van der Waals surface area contributed by atoms with Crippen LogP contribution < -0.4 is 16.4 Å². The first-order valence-corrected chi connectivity index (χ1v) is 7.70. The van der Waals surface area contributed by atoms with Gasteiger partial charge in [-0.05, 0) is 38.0 Å². The van der Waals surface area contributed by atoms with E-state index in [4.69, 9.17) is 5.73 Å². The molecule has 0 aliphatic heterocycles. The van der Waals surface area contributed by atoms with Crippen molar-refractivity contribution in [3.05, 3.63) is 0 Å². The molecule has 5 nitrogen and oxygen atoms in total. The Hall–Kier alpha value is -1.10. The van der Waals surface area contributed by atoms with Gasteiger partial charge in [0.2, 0.25) is 11.8 Å². The zero-order chi connectivity index (χ0) is 15.3. The summed E-state index contributed by atoms with van der Waals surface area (Å²) in [5.41, 5.74) is 6.07. The van der Waals surface area contributed by atoms with Crippen molar-refractivity contribution in [3.63, 3.8) is 0 Å². The van der Waals surface area contributed by atoms with Gasteiger partial charge < -0.3 is 16.4 Å². The van der Waals surface area contributed by atoms with E-state index < -0.39 is 6.04 Å². The van der Waals surface area contributed by atoms with E-state index >= 15 is 0 Å². The normalized spacial score (nSPS) is 31.4. The lowest BCUT2D eigenvalue weighted by molar-refractivity contribution is -0.133. The molecule has 5 unspecified atom stereocenters. The van der Waals surface area contributed by atoms with Gasteiger partial charge in [-0.25, -0.2) is 0 Å². The van der Waals surface area contributed by atoms with Gasteiger partial charge in [-0.2, -0.15) is 0 Å². The summed E-state index contributed by atoms with van der Waals surface area (Å²) in [4.78, 5) is 24.1. The Morgan fingerprint density at radius 1 is 1.25 bits per heavy atom. The molecule has 2 amide bonds. The maximum absolute atomic E-state index is 12.3. The van der Waals surface area contributed by atoms with Crippen LogP contribution in [0.15, 0.2) is 0 Å². The Bertz CT molecular complexity index is 346. The molecule has 1 fully saturated rings. The summed E-state index contributed by atoms with van der Waals surface area (Å²) in [7, 11) is 0. The van der Waals surface area contributed by atoms with Crippen molar-refractivity contribution in [2.24, 2.45) is 23.5 Å². The lowest BCUT2D eigenvalue weighted by Gasteiger charge is -2.36. The van der Waals surface area contributed by atoms with Crippen LogP contribution in [-0.4, -0.2) is 30.4 Å². The van der Waals surface area contributed by atoms with Gasteiger partial charge in [-0.3, -0.25) is 9.59 Å². The zero-order valence-corrected chi connectivity index (χ0v) is 13.1. The lowest BCUT2D eigenvalue weighted by Crippen LogP contribution is -2.50. The van der Waals surface area contributed by atoms with E-state index in [1.165, 1.54) is 0 Å². The van der Waals surface area contributed by atoms with Crippen LogP contribution in [0.1, 0.15) is 47.0 Å². The second-order valence-electron chi connectivity index (χ2n) is 6.22. The van der Waals surface area contributed by atoms with Gasteiger partial charge in [0.1, 0.15) is 6.04 Å². The zero-order valence-electron chi connectivity index (χ0n) is 13.1. The average Bonchev–Trinajstić information content (AvgIpc) is 2.39. The maximum Gasteiger partial charge on any atom is 0.242 e. The molecule has 0 radical (unpaired) electrons. The Morgan fingerprint density at radius 2 is 1.90 bits per heavy atom. The minimum absolute atomic E-state index is 0.0426. The van der Waals surface area contributed by atoms with Crippen molar-refractivity contribution in [1.82, 2.24) is 10.6 Å². The topological polar surface area (TPSA) is 84.2 Å². The summed E-state index contributed by atoms with van der Waals surface area (Å²) in [6, 6.07) is -0.414. The predicted octanol–water partition coefficient (Wildman–Crippen LogP) is 1.03. The highest BCUT2D eigenvalue weighted by Gasteiger charge is 2.35. The molecule has 4 N–H and O–H groups in total. The first-order valence-electron chi connectivity index (χ1n) is 7.70. The van der Waals surface area contributed by atoms with Crippen LogP contribution in [0.2, 0.25) is 0 Å². The highest BCUT2D eigenvalue weighted by Crippen LogP contribution is 2.32. The first-order chi connectivity index (χ1) is 9.36. The maximum atomic E-state index is 12.3. The molecule has 1 aliphatic rings. The molecule has 0 saturated heterocycles. The van der Waals surface area contributed by atoms with Crippen molar-refractivity contribution in [2.75, 3.05) is 6.54 Å². The fourth-order valence-corrected chi connectivity index (χ4v) is 2.84. The second-order valence-corrected chi connectivity index (χ2v) is 6.22. The van der Waals surface area contributed by atoms with Crippen molar-refractivity contribution in [1.29, 1.82) is 0 Å². The quantitative estimate of drug-likeness (QED) is 0.704. The van der Waals surface area contributed by atoms with Gasteiger partial charge in [-0.1, -0.05) is 20.8 Å². The van der Waals surface area contributed by atoms with Gasteiger partial charge >= 0.3 is 0 Å². The van der Waals surface area contributed by atoms with Gasteiger partial charge in [0, 0.05) is 18.5 Å². The van der Waals surface area contributed by atoms with Crippen molar-refractivity contribution >= 4 is 11.8 Å². The SMILES string of the molecule is CCCNC(=O)C(C)NC(=O)C1CC(N)C(C)CC1C. The molecule has 0 aromatic heterocycles. The highest BCUT2D eigenvalue weighted by atomic mass is 16.2. The summed E-state index contributed by atoms with van der Waals surface area (Å²) in [5.74, 6) is 0.526. The summed E-state index contributed by atoms with van der Waals surface area (Å²) in [6.45, 7) is 8.58. The molecule has 0 aromatic rings. The molecule has 1 saturated carbocycles. The second kappa shape index (κ2) is 7.62. The third-order valence-corrected chi connectivity index (χ3v) is 4.33. The van der Waals surface area contributed by atoms with E-state index in [-0.39, 0.29) is 23.8 Å². The Morgan fingerprint density at radius 3 is 2.50 bits per heavy atom. The first kappa shape index (κ1) is 17.0. The molecule has 5 heteroatoms. The molecule has 1 aliphatic carbocycles. The number of hydrogen-bond acceptors (Lipinski definition) is 3.